The largest absolute Gasteiger partial charge is 0.477 e. The first kappa shape index (κ1) is 22.1. The summed E-state index contributed by atoms with van der Waals surface area (Å²) in [5.74, 6) is -0.615. The van der Waals surface area contributed by atoms with E-state index in [1.165, 1.54) is 18.2 Å². The highest BCUT2D eigenvalue weighted by atomic mass is 127. The van der Waals surface area contributed by atoms with Crippen molar-refractivity contribution in [3.8, 4) is 5.88 Å². The number of nitrogens with zero attached hydrogens (tertiary/aromatic N) is 3. The van der Waals surface area contributed by atoms with Gasteiger partial charge in [0.1, 0.15) is 0 Å². The summed E-state index contributed by atoms with van der Waals surface area (Å²) in [6.45, 7) is 0.185. The molecule has 0 spiro atoms. The number of amides is 1. The molecule has 10 nitrogen and oxygen atoms in total. The normalized spacial score (nSPS) is 10.4. The van der Waals surface area contributed by atoms with Gasteiger partial charge in [0, 0.05) is 30.2 Å². The number of anilines is 1. The standard InChI is InChI=1S/C20H15IN4O6/c21-16-12-17(25(29)30)18(22-19(26)14-4-2-1-3-5-14)23-20(16)31-11-10-13-6-8-15(9-7-13)24(27)28/h1-9,12H,10-11H2,(H,22,23,26). The molecule has 0 atom stereocenters. The van der Waals surface area contributed by atoms with Crippen molar-refractivity contribution in [3.05, 3.63) is 95.6 Å². The fourth-order valence-electron chi connectivity index (χ4n) is 2.61. The van der Waals surface area contributed by atoms with Gasteiger partial charge in [-0.15, -0.1) is 0 Å². The predicted molar refractivity (Wildman–Crippen MR) is 120 cm³/mol. The number of non-ortho nitro benzene ring substituents is 1. The van der Waals surface area contributed by atoms with Crippen LogP contribution in [0.25, 0.3) is 0 Å². The number of aromatic nitrogens is 1. The van der Waals surface area contributed by atoms with Gasteiger partial charge in [0.15, 0.2) is 0 Å². The lowest BCUT2D eigenvalue weighted by molar-refractivity contribution is -0.384. The van der Waals surface area contributed by atoms with E-state index in [1.54, 1.807) is 42.5 Å². The van der Waals surface area contributed by atoms with E-state index < -0.39 is 15.8 Å². The molecule has 0 bridgehead atoms. The molecule has 0 saturated heterocycles. The van der Waals surface area contributed by atoms with E-state index in [4.69, 9.17) is 4.74 Å². The van der Waals surface area contributed by atoms with E-state index in [2.05, 4.69) is 10.3 Å². The van der Waals surface area contributed by atoms with Crippen molar-refractivity contribution in [3.63, 3.8) is 0 Å². The molecule has 3 aromatic rings. The number of halogens is 1. The Bertz CT molecular complexity index is 1120. The molecule has 31 heavy (non-hydrogen) atoms. The van der Waals surface area contributed by atoms with Crippen LogP contribution in [0.2, 0.25) is 0 Å². The zero-order valence-corrected chi connectivity index (χ0v) is 18.0. The molecule has 158 valence electrons. The number of carbonyl (C=O) groups excluding carboxylic acids is 1. The first-order chi connectivity index (χ1) is 14.8. The molecule has 0 unspecified atom stereocenters. The van der Waals surface area contributed by atoms with Gasteiger partial charge in [-0.1, -0.05) is 30.3 Å². The van der Waals surface area contributed by atoms with E-state index in [-0.39, 0.29) is 29.7 Å². The highest BCUT2D eigenvalue weighted by Gasteiger charge is 2.22. The highest BCUT2D eigenvalue weighted by Crippen LogP contribution is 2.30. The van der Waals surface area contributed by atoms with Gasteiger partial charge >= 0.3 is 5.69 Å². The van der Waals surface area contributed by atoms with Gasteiger partial charge in [-0.3, -0.25) is 25.0 Å². The molecule has 2 aromatic carbocycles. The number of hydrogen-bond donors (Lipinski definition) is 1. The van der Waals surface area contributed by atoms with Gasteiger partial charge < -0.3 is 10.1 Å². The fourth-order valence-corrected chi connectivity index (χ4v) is 3.19. The molecule has 1 heterocycles. The van der Waals surface area contributed by atoms with Crippen LogP contribution in [0.4, 0.5) is 17.2 Å². The smallest absolute Gasteiger partial charge is 0.313 e. The van der Waals surface area contributed by atoms with Gasteiger partial charge in [-0.05, 0) is 40.3 Å². The van der Waals surface area contributed by atoms with Crippen molar-refractivity contribution in [1.29, 1.82) is 0 Å². The van der Waals surface area contributed by atoms with Crippen LogP contribution in [-0.4, -0.2) is 27.3 Å². The molecule has 0 saturated carbocycles. The fraction of sp³-hybridized carbons (Fsp3) is 0.100. The maximum atomic E-state index is 12.4. The molecule has 11 heteroatoms. The summed E-state index contributed by atoms with van der Waals surface area (Å²) in [6, 6.07) is 15.6. The lowest BCUT2D eigenvalue weighted by Crippen LogP contribution is -2.15. The SMILES string of the molecule is O=C(Nc1nc(OCCc2ccc([N+](=O)[O-])cc2)c(I)cc1[N+](=O)[O-])c1ccccc1. The van der Waals surface area contributed by atoms with E-state index in [1.807, 2.05) is 22.6 Å². The second-order valence-corrected chi connectivity index (χ2v) is 7.40. The average molecular weight is 534 g/mol. The Morgan fingerprint density at radius 1 is 1.03 bits per heavy atom. The molecule has 0 fully saturated rings. The van der Waals surface area contributed by atoms with Gasteiger partial charge in [0.25, 0.3) is 11.6 Å². The van der Waals surface area contributed by atoms with Crippen LogP contribution in [0.15, 0.2) is 60.7 Å². The summed E-state index contributed by atoms with van der Waals surface area (Å²) in [6.07, 6.45) is 0.443. The maximum Gasteiger partial charge on any atom is 0.313 e. The first-order valence-corrected chi connectivity index (χ1v) is 10.0. The molecule has 3 rings (SSSR count). The van der Waals surface area contributed by atoms with Crippen LogP contribution >= 0.6 is 22.6 Å². The third-order valence-electron chi connectivity index (χ3n) is 4.17. The third kappa shape index (κ3) is 5.72. The highest BCUT2D eigenvalue weighted by molar-refractivity contribution is 14.1. The Morgan fingerprint density at radius 3 is 2.32 bits per heavy atom. The molecule has 1 N–H and O–H groups in total. The molecule has 0 aliphatic carbocycles. The molecule has 1 amide bonds. The Labute approximate surface area is 189 Å². The van der Waals surface area contributed by atoms with Crippen molar-refractivity contribution in [2.75, 3.05) is 11.9 Å². The van der Waals surface area contributed by atoms with E-state index in [0.29, 0.717) is 15.6 Å². The summed E-state index contributed by atoms with van der Waals surface area (Å²) >= 11 is 1.87. The summed E-state index contributed by atoms with van der Waals surface area (Å²) < 4.78 is 6.06. The van der Waals surface area contributed by atoms with Gasteiger partial charge in [-0.25, -0.2) is 0 Å². The monoisotopic (exact) mass is 534 g/mol. The number of benzene rings is 2. The van der Waals surface area contributed by atoms with Gasteiger partial charge in [0.2, 0.25) is 11.7 Å². The van der Waals surface area contributed by atoms with Crippen molar-refractivity contribution in [2.45, 2.75) is 6.42 Å². The molecule has 0 radical (unpaired) electrons. The number of nitrogens with one attached hydrogen (secondary N) is 1. The Kier molecular flexibility index (Phi) is 7.07. The van der Waals surface area contributed by atoms with Crippen molar-refractivity contribution < 1.29 is 19.4 Å². The number of nitro groups is 2. The summed E-state index contributed by atoms with van der Waals surface area (Å²) in [5, 5.41) is 24.6. The van der Waals surface area contributed by atoms with E-state index in [0.717, 1.165) is 5.56 Å². The number of hydrogen-bond acceptors (Lipinski definition) is 7. The number of nitro benzene ring substituents is 1. The Balaban J connectivity index is 1.74. The minimum Gasteiger partial charge on any atom is -0.477 e. The molecule has 0 aliphatic heterocycles. The van der Waals surface area contributed by atoms with Crippen molar-refractivity contribution in [1.82, 2.24) is 4.98 Å². The van der Waals surface area contributed by atoms with E-state index >= 15 is 0 Å². The molecular formula is C20H15IN4O6. The van der Waals surface area contributed by atoms with Crippen LogP contribution < -0.4 is 10.1 Å². The minimum atomic E-state index is -0.629. The van der Waals surface area contributed by atoms with E-state index in [9.17, 15) is 25.0 Å². The average Bonchev–Trinajstić information content (AvgIpc) is 2.76. The molecular weight excluding hydrogens is 519 g/mol. The Morgan fingerprint density at radius 2 is 1.71 bits per heavy atom. The minimum absolute atomic E-state index is 0.00458. The van der Waals surface area contributed by atoms with Crippen LogP contribution in [0.3, 0.4) is 0 Å². The number of rotatable bonds is 8. The maximum absolute atomic E-state index is 12.4. The zero-order chi connectivity index (χ0) is 22.4. The van der Waals surface area contributed by atoms with Crippen LogP contribution in [0.5, 0.6) is 5.88 Å². The van der Waals surface area contributed by atoms with Gasteiger partial charge in [0.05, 0.1) is 20.0 Å². The quantitative estimate of drug-likeness (QED) is 0.257. The third-order valence-corrected chi connectivity index (χ3v) is 4.94. The second-order valence-electron chi connectivity index (χ2n) is 6.24. The Hall–Kier alpha value is -3.61. The first-order valence-electron chi connectivity index (χ1n) is 8.92. The second kappa shape index (κ2) is 9.93. The van der Waals surface area contributed by atoms with Crippen molar-refractivity contribution >= 4 is 45.7 Å². The summed E-state index contributed by atoms with van der Waals surface area (Å²) in [7, 11) is 0. The molecule has 1 aromatic heterocycles. The number of pyridine rings is 1. The molecule has 0 aliphatic rings. The summed E-state index contributed by atoms with van der Waals surface area (Å²) in [4.78, 5) is 37.5. The van der Waals surface area contributed by atoms with Crippen LogP contribution in [-0.2, 0) is 6.42 Å². The number of carbonyl (C=O) groups is 1. The van der Waals surface area contributed by atoms with Crippen LogP contribution in [0, 0.1) is 23.8 Å². The topological polar surface area (TPSA) is 138 Å². The summed E-state index contributed by atoms with van der Waals surface area (Å²) in [5.41, 5.74) is 0.796. The number of ether oxygens (including phenoxy) is 1. The lowest BCUT2D eigenvalue weighted by Gasteiger charge is -2.11. The predicted octanol–water partition coefficient (Wildman–Crippen LogP) is 4.38. The van der Waals surface area contributed by atoms with Crippen LogP contribution in [0.1, 0.15) is 15.9 Å². The zero-order valence-electron chi connectivity index (χ0n) is 15.9. The van der Waals surface area contributed by atoms with Crippen molar-refractivity contribution in [2.24, 2.45) is 0 Å². The lowest BCUT2D eigenvalue weighted by atomic mass is 10.1. The van der Waals surface area contributed by atoms with Gasteiger partial charge in [-0.2, -0.15) is 4.98 Å².